The molecule has 0 atom stereocenters. The number of rotatable bonds is 2. The summed E-state index contributed by atoms with van der Waals surface area (Å²) < 4.78 is 2.05. The van der Waals surface area contributed by atoms with E-state index in [-0.39, 0.29) is 12.3 Å². The van der Waals surface area contributed by atoms with E-state index in [1.807, 2.05) is 37.6 Å². The number of carbonyl (C=O) groups excluding carboxylic acids is 1. The molecule has 0 amide bonds. The highest BCUT2D eigenvalue weighted by molar-refractivity contribution is 6.10. The fraction of sp³-hybridized carbons (Fsp3) is 0.308. The number of hydrogen-bond donors (Lipinski definition) is 1. The molecule has 3 nitrogen and oxygen atoms in total. The molecule has 0 saturated carbocycles. The van der Waals surface area contributed by atoms with Crippen LogP contribution >= 0.6 is 0 Å². The Morgan fingerprint density at radius 3 is 2.69 bits per heavy atom. The molecule has 2 rings (SSSR count). The first kappa shape index (κ1) is 10.9. The first-order chi connectivity index (χ1) is 7.56. The average molecular weight is 216 g/mol. The number of fused-ring (bicyclic) bond motifs is 1. The number of aromatic nitrogens is 1. The largest absolute Gasteiger partial charge is 0.347 e. The van der Waals surface area contributed by atoms with Gasteiger partial charge < -0.3 is 10.3 Å². The molecule has 0 saturated heterocycles. The van der Waals surface area contributed by atoms with Crippen molar-refractivity contribution in [2.75, 3.05) is 6.54 Å². The van der Waals surface area contributed by atoms with Crippen molar-refractivity contribution >= 4 is 16.7 Å². The quantitative estimate of drug-likeness (QED) is 0.780. The van der Waals surface area contributed by atoms with Crippen molar-refractivity contribution in [2.24, 2.45) is 12.8 Å². The molecule has 2 N–H and O–H groups in total. The number of aryl methyl sites for hydroxylation is 2. The van der Waals surface area contributed by atoms with Crippen LogP contribution in [0.2, 0.25) is 0 Å². The summed E-state index contributed by atoms with van der Waals surface area (Å²) in [6.45, 7) is 4.07. The molecular formula is C13H16N2O. The van der Waals surface area contributed by atoms with Gasteiger partial charge >= 0.3 is 0 Å². The summed E-state index contributed by atoms with van der Waals surface area (Å²) in [6, 6.07) is 6.12. The molecule has 0 aliphatic rings. The van der Waals surface area contributed by atoms with Crippen LogP contribution in [0.5, 0.6) is 0 Å². The lowest BCUT2D eigenvalue weighted by molar-refractivity contribution is 0.100. The number of Topliss-reactive ketones (excluding diaryl/α,β-unsaturated/α-hetero) is 1. The molecule has 1 aromatic heterocycles. The number of hydrogen-bond acceptors (Lipinski definition) is 2. The normalized spacial score (nSPS) is 11.0. The lowest BCUT2D eigenvalue weighted by atomic mass is 10.1. The topological polar surface area (TPSA) is 48.0 Å². The summed E-state index contributed by atoms with van der Waals surface area (Å²) in [7, 11) is 1.98. The van der Waals surface area contributed by atoms with Gasteiger partial charge in [0, 0.05) is 29.2 Å². The molecule has 0 aliphatic carbocycles. The maximum absolute atomic E-state index is 11.8. The van der Waals surface area contributed by atoms with Gasteiger partial charge in [-0.25, -0.2) is 0 Å². The molecule has 84 valence electrons. The Balaban J connectivity index is 2.84. The highest BCUT2D eigenvalue weighted by Crippen LogP contribution is 2.25. The molecule has 1 aromatic carbocycles. The second kappa shape index (κ2) is 3.76. The maximum atomic E-state index is 11.8. The van der Waals surface area contributed by atoms with Gasteiger partial charge in [-0.3, -0.25) is 4.79 Å². The third-order valence-corrected chi connectivity index (χ3v) is 3.11. The van der Waals surface area contributed by atoms with Crippen LogP contribution in [0.25, 0.3) is 10.9 Å². The SMILES string of the molecule is Cc1ccc2c(C(=O)CN)c(C)n(C)c2c1. The Morgan fingerprint density at radius 1 is 1.38 bits per heavy atom. The summed E-state index contributed by atoms with van der Waals surface area (Å²) in [5.41, 5.74) is 9.48. The van der Waals surface area contributed by atoms with Crippen molar-refractivity contribution < 1.29 is 4.79 Å². The van der Waals surface area contributed by atoms with Crippen LogP contribution in [0.15, 0.2) is 18.2 Å². The van der Waals surface area contributed by atoms with Crippen molar-refractivity contribution in [3.05, 3.63) is 35.0 Å². The van der Waals surface area contributed by atoms with E-state index in [9.17, 15) is 4.79 Å². The van der Waals surface area contributed by atoms with Crippen LogP contribution in [0, 0.1) is 13.8 Å². The van der Waals surface area contributed by atoms with Crippen molar-refractivity contribution in [1.82, 2.24) is 4.57 Å². The van der Waals surface area contributed by atoms with Crippen LogP contribution in [-0.4, -0.2) is 16.9 Å². The molecule has 0 unspecified atom stereocenters. The molecular weight excluding hydrogens is 200 g/mol. The molecule has 1 heterocycles. The second-order valence-electron chi connectivity index (χ2n) is 4.17. The number of nitrogens with zero attached hydrogens (tertiary/aromatic N) is 1. The summed E-state index contributed by atoms with van der Waals surface area (Å²) in [6.07, 6.45) is 0. The number of benzene rings is 1. The fourth-order valence-electron chi connectivity index (χ4n) is 2.13. The van der Waals surface area contributed by atoms with Crippen LogP contribution in [0.4, 0.5) is 0 Å². The lowest BCUT2D eigenvalue weighted by Crippen LogP contribution is -2.14. The summed E-state index contributed by atoms with van der Waals surface area (Å²) >= 11 is 0. The van der Waals surface area contributed by atoms with E-state index in [1.165, 1.54) is 5.56 Å². The van der Waals surface area contributed by atoms with Crippen LogP contribution < -0.4 is 5.73 Å². The van der Waals surface area contributed by atoms with Crippen molar-refractivity contribution in [2.45, 2.75) is 13.8 Å². The zero-order valence-corrected chi connectivity index (χ0v) is 9.87. The Hall–Kier alpha value is -1.61. The van der Waals surface area contributed by atoms with E-state index in [4.69, 9.17) is 5.73 Å². The van der Waals surface area contributed by atoms with Gasteiger partial charge in [-0.1, -0.05) is 12.1 Å². The highest BCUT2D eigenvalue weighted by atomic mass is 16.1. The third kappa shape index (κ3) is 1.44. The van der Waals surface area contributed by atoms with Gasteiger partial charge in [-0.2, -0.15) is 0 Å². The Labute approximate surface area is 94.9 Å². The van der Waals surface area contributed by atoms with Crippen molar-refractivity contribution in [1.29, 1.82) is 0 Å². The summed E-state index contributed by atoms with van der Waals surface area (Å²) in [5, 5.41) is 1.00. The third-order valence-electron chi connectivity index (χ3n) is 3.11. The Kier molecular flexibility index (Phi) is 2.56. The zero-order chi connectivity index (χ0) is 11.9. The molecule has 0 spiro atoms. The average Bonchev–Trinajstić information content (AvgIpc) is 2.52. The molecule has 3 heteroatoms. The second-order valence-corrected chi connectivity index (χ2v) is 4.17. The predicted octanol–water partition coefficient (Wildman–Crippen LogP) is 1.94. The molecule has 2 aromatic rings. The Morgan fingerprint density at radius 2 is 2.06 bits per heavy atom. The first-order valence-corrected chi connectivity index (χ1v) is 5.35. The lowest BCUT2D eigenvalue weighted by Gasteiger charge is -1.99. The maximum Gasteiger partial charge on any atom is 0.178 e. The zero-order valence-electron chi connectivity index (χ0n) is 9.87. The minimum absolute atomic E-state index is 0.00644. The summed E-state index contributed by atoms with van der Waals surface area (Å²) in [5.74, 6) is 0.00644. The van der Waals surface area contributed by atoms with Crippen LogP contribution in [0.3, 0.4) is 0 Å². The number of ketones is 1. The predicted molar refractivity (Wildman–Crippen MR) is 65.8 cm³/mol. The van der Waals surface area contributed by atoms with E-state index in [0.29, 0.717) is 0 Å². The van der Waals surface area contributed by atoms with E-state index < -0.39 is 0 Å². The summed E-state index contributed by atoms with van der Waals surface area (Å²) in [4.78, 5) is 11.8. The van der Waals surface area contributed by atoms with E-state index in [1.54, 1.807) is 0 Å². The van der Waals surface area contributed by atoms with Gasteiger partial charge in [-0.15, -0.1) is 0 Å². The van der Waals surface area contributed by atoms with E-state index in [2.05, 4.69) is 6.07 Å². The minimum Gasteiger partial charge on any atom is -0.347 e. The monoisotopic (exact) mass is 216 g/mol. The fourth-order valence-corrected chi connectivity index (χ4v) is 2.13. The molecule has 0 aliphatic heterocycles. The van der Waals surface area contributed by atoms with Crippen molar-refractivity contribution in [3.8, 4) is 0 Å². The standard InChI is InChI=1S/C13H16N2O/c1-8-4-5-10-11(6-8)15(3)9(2)13(10)12(16)7-14/h4-6H,7,14H2,1-3H3. The number of carbonyl (C=O) groups is 1. The molecule has 16 heavy (non-hydrogen) atoms. The van der Waals surface area contributed by atoms with E-state index in [0.717, 1.165) is 22.2 Å². The Bertz CT molecular complexity index is 567. The van der Waals surface area contributed by atoms with Crippen LogP contribution in [0.1, 0.15) is 21.6 Å². The minimum atomic E-state index is 0.00644. The molecule has 0 radical (unpaired) electrons. The van der Waals surface area contributed by atoms with E-state index >= 15 is 0 Å². The van der Waals surface area contributed by atoms with Gasteiger partial charge in [0.1, 0.15) is 0 Å². The number of nitrogens with two attached hydrogens (primary N) is 1. The smallest absolute Gasteiger partial charge is 0.178 e. The van der Waals surface area contributed by atoms with Gasteiger partial charge in [0.2, 0.25) is 0 Å². The van der Waals surface area contributed by atoms with Gasteiger partial charge in [0.25, 0.3) is 0 Å². The van der Waals surface area contributed by atoms with Gasteiger partial charge in [-0.05, 0) is 25.5 Å². The highest BCUT2D eigenvalue weighted by Gasteiger charge is 2.16. The first-order valence-electron chi connectivity index (χ1n) is 5.35. The molecule has 0 fully saturated rings. The van der Waals surface area contributed by atoms with Crippen molar-refractivity contribution in [3.63, 3.8) is 0 Å². The molecule has 0 bridgehead atoms. The van der Waals surface area contributed by atoms with Gasteiger partial charge in [0.15, 0.2) is 5.78 Å². The van der Waals surface area contributed by atoms with Crippen LogP contribution in [-0.2, 0) is 7.05 Å². The van der Waals surface area contributed by atoms with Gasteiger partial charge in [0.05, 0.1) is 6.54 Å².